The Hall–Kier alpha value is -3.06. The van der Waals surface area contributed by atoms with Crippen molar-refractivity contribution in [2.75, 3.05) is 23.7 Å². The van der Waals surface area contributed by atoms with Crippen molar-refractivity contribution < 1.29 is 4.79 Å². The first-order chi connectivity index (χ1) is 12.6. The number of nitrogens with one attached hydrogen (secondary N) is 3. The van der Waals surface area contributed by atoms with Crippen LogP contribution in [0.3, 0.4) is 0 Å². The third-order valence-corrected chi connectivity index (χ3v) is 4.07. The van der Waals surface area contributed by atoms with Crippen molar-refractivity contribution in [3.05, 3.63) is 65.4 Å². The van der Waals surface area contributed by atoms with Gasteiger partial charge in [-0.25, -0.2) is 4.79 Å². The molecule has 0 aliphatic heterocycles. The summed E-state index contributed by atoms with van der Waals surface area (Å²) in [7, 11) is 0. The first-order valence-corrected chi connectivity index (χ1v) is 8.51. The van der Waals surface area contributed by atoms with Crippen LogP contribution in [0, 0.1) is 6.92 Å². The van der Waals surface area contributed by atoms with Gasteiger partial charge in [-0.15, -0.1) is 10.2 Å². The van der Waals surface area contributed by atoms with Gasteiger partial charge in [-0.1, -0.05) is 17.7 Å². The monoisotopic (exact) mass is 370 g/mol. The molecule has 0 aliphatic carbocycles. The molecule has 0 bridgehead atoms. The zero-order valence-corrected chi connectivity index (χ0v) is 15.0. The van der Waals surface area contributed by atoms with Gasteiger partial charge in [0, 0.05) is 36.2 Å². The van der Waals surface area contributed by atoms with Crippen molar-refractivity contribution in [1.29, 1.82) is 0 Å². The number of anilines is 2. The van der Waals surface area contributed by atoms with E-state index in [0.29, 0.717) is 29.6 Å². The van der Waals surface area contributed by atoms with Gasteiger partial charge in [0.25, 0.3) is 0 Å². The van der Waals surface area contributed by atoms with Crippen LogP contribution in [0.15, 0.2) is 54.9 Å². The van der Waals surface area contributed by atoms with Gasteiger partial charge in [0.1, 0.15) is 5.82 Å². The average Bonchev–Trinajstić information content (AvgIpc) is 3.17. The van der Waals surface area contributed by atoms with Gasteiger partial charge in [-0.3, -0.25) is 0 Å². The standard InChI is InChI=1S/C18H19ClN6O/c1-13-4-5-14(12-15(13)19)22-18(26)21-9-8-20-16-6-7-17(24-23-16)25-10-2-3-11-25/h2-7,10-12H,8-9H2,1H3,(H,20,23)(H2,21,22,26). The lowest BCUT2D eigenvalue weighted by molar-refractivity contribution is 0.252. The summed E-state index contributed by atoms with van der Waals surface area (Å²) in [5, 5.41) is 17.5. The number of aromatic nitrogens is 3. The quantitative estimate of drug-likeness (QED) is 0.580. The number of aryl methyl sites for hydroxylation is 1. The zero-order chi connectivity index (χ0) is 18.4. The van der Waals surface area contributed by atoms with Gasteiger partial charge in [-0.05, 0) is 48.9 Å². The normalized spacial score (nSPS) is 10.4. The van der Waals surface area contributed by atoms with Crippen LogP contribution in [0.5, 0.6) is 0 Å². The molecular formula is C18H19ClN6O. The van der Waals surface area contributed by atoms with E-state index in [1.807, 2.05) is 54.2 Å². The van der Waals surface area contributed by atoms with E-state index >= 15 is 0 Å². The van der Waals surface area contributed by atoms with Gasteiger partial charge in [0.2, 0.25) is 0 Å². The molecule has 8 heteroatoms. The SMILES string of the molecule is Cc1ccc(NC(=O)NCCNc2ccc(-n3cccc3)nn2)cc1Cl. The lowest BCUT2D eigenvalue weighted by Crippen LogP contribution is -2.32. The number of hydrogen-bond acceptors (Lipinski definition) is 4. The zero-order valence-electron chi connectivity index (χ0n) is 14.2. The highest BCUT2D eigenvalue weighted by molar-refractivity contribution is 6.31. The first-order valence-electron chi connectivity index (χ1n) is 8.14. The third kappa shape index (κ3) is 4.73. The molecule has 3 rings (SSSR count). The minimum Gasteiger partial charge on any atom is -0.367 e. The Morgan fingerprint density at radius 1 is 1.12 bits per heavy atom. The van der Waals surface area contributed by atoms with E-state index in [4.69, 9.17) is 11.6 Å². The number of hydrogen-bond donors (Lipinski definition) is 3. The number of halogens is 1. The lowest BCUT2D eigenvalue weighted by atomic mass is 10.2. The fourth-order valence-electron chi connectivity index (χ4n) is 2.26. The molecule has 0 atom stereocenters. The molecule has 0 saturated carbocycles. The summed E-state index contributed by atoms with van der Waals surface area (Å²) in [5.41, 5.74) is 1.61. The summed E-state index contributed by atoms with van der Waals surface area (Å²) >= 11 is 6.04. The number of urea groups is 1. The first kappa shape index (κ1) is 17.8. The highest BCUT2D eigenvalue weighted by Crippen LogP contribution is 2.19. The van der Waals surface area contributed by atoms with Gasteiger partial charge >= 0.3 is 6.03 Å². The van der Waals surface area contributed by atoms with Gasteiger partial charge in [0.05, 0.1) is 0 Å². The molecule has 26 heavy (non-hydrogen) atoms. The molecule has 0 unspecified atom stereocenters. The van der Waals surface area contributed by atoms with Gasteiger partial charge in [0.15, 0.2) is 5.82 Å². The van der Waals surface area contributed by atoms with E-state index in [1.54, 1.807) is 12.1 Å². The van der Waals surface area contributed by atoms with Crippen LogP contribution in [-0.4, -0.2) is 33.9 Å². The lowest BCUT2D eigenvalue weighted by Gasteiger charge is -2.10. The van der Waals surface area contributed by atoms with E-state index in [1.165, 1.54) is 0 Å². The second-order valence-corrected chi connectivity index (χ2v) is 6.05. The number of rotatable bonds is 6. The highest BCUT2D eigenvalue weighted by Gasteiger charge is 2.03. The largest absolute Gasteiger partial charge is 0.367 e. The summed E-state index contributed by atoms with van der Waals surface area (Å²) in [6.07, 6.45) is 3.81. The molecule has 0 spiro atoms. The van der Waals surface area contributed by atoms with E-state index in [9.17, 15) is 4.79 Å². The van der Waals surface area contributed by atoms with Crippen LogP contribution >= 0.6 is 11.6 Å². The van der Waals surface area contributed by atoms with Crippen LogP contribution in [-0.2, 0) is 0 Å². The van der Waals surface area contributed by atoms with E-state index in [0.717, 1.165) is 11.4 Å². The number of nitrogens with zero attached hydrogens (tertiary/aromatic N) is 3. The van der Waals surface area contributed by atoms with Crippen molar-refractivity contribution in [3.8, 4) is 5.82 Å². The van der Waals surface area contributed by atoms with Crippen molar-refractivity contribution in [1.82, 2.24) is 20.1 Å². The molecule has 134 valence electrons. The molecule has 1 aromatic carbocycles. The molecule has 0 saturated heterocycles. The van der Waals surface area contributed by atoms with Crippen LogP contribution in [0.1, 0.15) is 5.56 Å². The average molecular weight is 371 g/mol. The second kappa shape index (κ2) is 8.35. The van der Waals surface area contributed by atoms with E-state index in [2.05, 4.69) is 26.1 Å². The molecule has 0 radical (unpaired) electrons. The predicted molar refractivity (Wildman–Crippen MR) is 103 cm³/mol. The topological polar surface area (TPSA) is 83.9 Å². The van der Waals surface area contributed by atoms with Crippen molar-refractivity contribution in [3.63, 3.8) is 0 Å². The highest BCUT2D eigenvalue weighted by atomic mass is 35.5. The Balaban J connectivity index is 1.40. The minimum atomic E-state index is -0.291. The maximum absolute atomic E-state index is 11.9. The van der Waals surface area contributed by atoms with Crippen LogP contribution < -0.4 is 16.0 Å². The third-order valence-electron chi connectivity index (χ3n) is 3.67. The van der Waals surface area contributed by atoms with E-state index in [-0.39, 0.29) is 6.03 Å². The summed E-state index contributed by atoms with van der Waals surface area (Å²) in [6.45, 7) is 2.87. The summed E-state index contributed by atoms with van der Waals surface area (Å²) in [6, 6.07) is 12.7. The molecule has 2 aromatic heterocycles. The number of benzene rings is 1. The fourth-order valence-corrected chi connectivity index (χ4v) is 2.44. The molecule has 3 N–H and O–H groups in total. The van der Waals surface area contributed by atoms with Crippen molar-refractivity contribution >= 4 is 29.1 Å². The van der Waals surface area contributed by atoms with Crippen LogP contribution in [0.4, 0.5) is 16.3 Å². The molecule has 0 fully saturated rings. The van der Waals surface area contributed by atoms with Crippen LogP contribution in [0.25, 0.3) is 5.82 Å². The predicted octanol–water partition coefficient (Wildman–Crippen LogP) is 3.46. The maximum Gasteiger partial charge on any atom is 0.319 e. The summed E-state index contributed by atoms with van der Waals surface area (Å²) < 4.78 is 1.88. The fraction of sp³-hybridized carbons (Fsp3) is 0.167. The van der Waals surface area contributed by atoms with Gasteiger partial charge in [-0.2, -0.15) is 0 Å². The van der Waals surface area contributed by atoms with Crippen molar-refractivity contribution in [2.45, 2.75) is 6.92 Å². The van der Waals surface area contributed by atoms with E-state index < -0.39 is 0 Å². The number of amides is 2. The minimum absolute atomic E-state index is 0.291. The second-order valence-electron chi connectivity index (χ2n) is 5.64. The Morgan fingerprint density at radius 2 is 1.92 bits per heavy atom. The molecular weight excluding hydrogens is 352 g/mol. The maximum atomic E-state index is 11.9. The Morgan fingerprint density at radius 3 is 2.62 bits per heavy atom. The molecule has 2 heterocycles. The Kier molecular flexibility index (Phi) is 5.70. The molecule has 3 aromatic rings. The van der Waals surface area contributed by atoms with Crippen LogP contribution in [0.2, 0.25) is 5.02 Å². The van der Waals surface area contributed by atoms with Crippen molar-refractivity contribution in [2.24, 2.45) is 0 Å². The number of carbonyl (C=O) groups excluding carboxylic acids is 1. The Bertz CT molecular complexity index is 864. The van der Waals surface area contributed by atoms with Gasteiger partial charge < -0.3 is 20.5 Å². The Labute approximate surface area is 156 Å². The molecule has 7 nitrogen and oxygen atoms in total. The molecule has 0 aliphatic rings. The smallest absolute Gasteiger partial charge is 0.319 e. The molecule has 2 amide bonds. The number of carbonyl (C=O) groups is 1. The summed E-state index contributed by atoms with van der Waals surface area (Å²) in [5.74, 6) is 1.39. The summed E-state index contributed by atoms with van der Waals surface area (Å²) in [4.78, 5) is 11.9.